The number of aryl methyl sites for hydroxylation is 1. The van der Waals surface area contributed by atoms with Crippen molar-refractivity contribution in [2.75, 3.05) is 18.4 Å². The first-order chi connectivity index (χ1) is 19.4. The minimum atomic E-state index is -0.829. The second-order valence-corrected chi connectivity index (χ2v) is 10.1. The molecule has 0 radical (unpaired) electrons. The number of pyridine rings is 1. The van der Waals surface area contributed by atoms with Gasteiger partial charge in [-0.15, -0.1) is 0 Å². The number of rotatable bonds is 4. The average Bonchev–Trinajstić information content (AvgIpc) is 3.37. The number of carbonyl (C=O) groups excluding carboxylic acids is 2. The van der Waals surface area contributed by atoms with Gasteiger partial charge in [-0.05, 0) is 66.9 Å². The number of hydrogen-bond donors (Lipinski definition) is 2. The molecule has 0 saturated heterocycles. The Bertz CT molecular complexity index is 1830. The molecule has 1 aliphatic rings. The van der Waals surface area contributed by atoms with Crippen molar-refractivity contribution in [3.05, 3.63) is 101 Å². The molecular weight excluding hydrogens is 531 g/mol. The van der Waals surface area contributed by atoms with E-state index in [1.165, 1.54) is 22.6 Å². The van der Waals surface area contributed by atoms with Gasteiger partial charge in [0.05, 0.1) is 5.52 Å². The molecule has 0 saturated carbocycles. The topological polar surface area (TPSA) is 87.3 Å². The van der Waals surface area contributed by atoms with E-state index in [9.17, 15) is 14.0 Å². The summed E-state index contributed by atoms with van der Waals surface area (Å²) < 4.78 is 20.7. The van der Waals surface area contributed by atoms with Crippen LogP contribution in [0.2, 0.25) is 5.02 Å². The molecule has 2 N–H and O–H groups in total. The van der Waals surface area contributed by atoms with Gasteiger partial charge in [0.25, 0.3) is 0 Å². The van der Waals surface area contributed by atoms with Gasteiger partial charge in [-0.2, -0.15) is 0 Å². The lowest BCUT2D eigenvalue weighted by Crippen LogP contribution is -2.41. The van der Waals surface area contributed by atoms with Crippen molar-refractivity contribution in [1.29, 1.82) is 0 Å². The minimum Gasteiger partial charge on any atom is -0.454 e. The van der Waals surface area contributed by atoms with E-state index in [-0.39, 0.29) is 11.4 Å². The number of H-pyrrole nitrogens is 1. The summed E-state index contributed by atoms with van der Waals surface area (Å²) in [4.78, 5) is 34.6. The second-order valence-electron chi connectivity index (χ2n) is 9.65. The maximum Gasteiger partial charge on any atom is 0.313 e. The number of amides is 2. The zero-order valence-corrected chi connectivity index (χ0v) is 22.3. The number of hydrogen-bond acceptors (Lipinski definition) is 4. The first-order valence-corrected chi connectivity index (χ1v) is 13.1. The van der Waals surface area contributed by atoms with Gasteiger partial charge >= 0.3 is 11.8 Å². The lowest BCUT2D eigenvalue weighted by atomic mass is 9.98. The van der Waals surface area contributed by atoms with Crippen LogP contribution < -0.4 is 10.1 Å². The van der Waals surface area contributed by atoms with Gasteiger partial charge < -0.3 is 19.9 Å². The van der Waals surface area contributed by atoms with E-state index in [1.54, 1.807) is 30.5 Å². The average molecular weight is 555 g/mol. The van der Waals surface area contributed by atoms with Crippen LogP contribution >= 0.6 is 11.6 Å². The number of carbonyl (C=O) groups is 2. The van der Waals surface area contributed by atoms with Crippen molar-refractivity contribution in [3.63, 3.8) is 0 Å². The van der Waals surface area contributed by atoms with Crippen molar-refractivity contribution in [3.8, 4) is 11.5 Å². The zero-order valence-electron chi connectivity index (χ0n) is 21.5. The van der Waals surface area contributed by atoms with Gasteiger partial charge in [-0.3, -0.25) is 14.6 Å². The van der Waals surface area contributed by atoms with Gasteiger partial charge in [0.1, 0.15) is 5.75 Å². The van der Waals surface area contributed by atoms with Crippen LogP contribution in [-0.4, -0.2) is 39.8 Å². The smallest absolute Gasteiger partial charge is 0.313 e. The molecular formula is C31H24ClFN4O3. The van der Waals surface area contributed by atoms with Gasteiger partial charge in [-0.1, -0.05) is 29.8 Å². The normalized spacial score (nSPS) is 13.4. The van der Waals surface area contributed by atoms with Gasteiger partial charge in [0.15, 0.2) is 11.6 Å². The molecule has 0 fully saturated rings. The first-order valence-electron chi connectivity index (χ1n) is 12.7. The molecule has 9 heteroatoms. The molecule has 3 heterocycles. The third-order valence-electron chi connectivity index (χ3n) is 6.95. The minimum absolute atomic E-state index is 0.0343. The monoisotopic (exact) mass is 554 g/mol. The molecule has 40 heavy (non-hydrogen) atoms. The fraction of sp³-hybridized carbons (Fsp3) is 0.129. The fourth-order valence-electron chi connectivity index (χ4n) is 4.90. The summed E-state index contributed by atoms with van der Waals surface area (Å²) in [6.45, 7) is 2.77. The fourth-order valence-corrected chi connectivity index (χ4v) is 5.06. The van der Waals surface area contributed by atoms with Crippen LogP contribution in [0.15, 0.2) is 79.1 Å². The molecule has 0 unspecified atom stereocenters. The SMILES string of the molecule is Cc1ccc2c(C3=CCN(C(=O)C(=O)Nc4ccc(Oc5ccnc6cc(Cl)ccc56)c(F)c4)CC3)c[nH]c2c1. The number of aromatic nitrogens is 2. The molecule has 2 aromatic heterocycles. The quantitative estimate of drug-likeness (QED) is 0.237. The molecule has 5 aromatic rings. The number of nitrogens with one attached hydrogen (secondary N) is 2. The molecule has 7 nitrogen and oxygen atoms in total. The Morgan fingerprint density at radius 1 is 1.05 bits per heavy atom. The van der Waals surface area contributed by atoms with Crippen molar-refractivity contribution in [1.82, 2.24) is 14.9 Å². The maximum atomic E-state index is 14.9. The van der Waals surface area contributed by atoms with Crippen LogP contribution in [0.4, 0.5) is 10.1 Å². The van der Waals surface area contributed by atoms with Gasteiger partial charge in [0.2, 0.25) is 0 Å². The van der Waals surface area contributed by atoms with Crippen LogP contribution in [0, 0.1) is 12.7 Å². The van der Waals surface area contributed by atoms with Crippen LogP contribution in [0.25, 0.3) is 27.4 Å². The van der Waals surface area contributed by atoms with E-state index < -0.39 is 17.6 Å². The molecule has 6 rings (SSSR count). The van der Waals surface area contributed by atoms with E-state index in [2.05, 4.69) is 33.5 Å². The number of nitrogens with zero attached hydrogens (tertiary/aromatic N) is 2. The molecule has 2 amide bonds. The molecule has 0 atom stereocenters. The Balaban J connectivity index is 1.11. The van der Waals surface area contributed by atoms with Crippen molar-refractivity contribution in [2.24, 2.45) is 0 Å². The highest BCUT2D eigenvalue weighted by molar-refractivity contribution is 6.39. The van der Waals surface area contributed by atoms with Crippen molar-refractivity contribution < 1.29 is 18.7 Å². The number of anilines is 1. The molecule has 200 valence electrons. The Labute approximate surface area is 234 Å². The highest BCUT2D eigenvalue weighted by atomic mass is 35.5. The zero-order chi connectivity index (χ0) is 27.8. The highest BCUT2D eigenvalue weighted by Gasteiger charge is 2.25. The molecule has 0 aliphatic carbocycles. The number of ether oxygens (including phenoxy) is 1. The van der Waals surface area contributed by atoms with E-state index in [0.717, 1.165) is 28.1 Å². The van der Waals surface area contributed by atoms with Crippen LogP contribution in [0.3, 0.4) is 0 Å². The summed E-state index contributed by atoms with van der Waals surface area (Å²) in [7, 11) is 0. The molecule has 1 aliphatic heterocycles. The second kappa shape index (κ2) is 10.5. The number of halogens is 2. The summed E-state index contributed by atoms with van der Waals surface area (Å²) in [5.41, 5.74) is 5.24. The predicted octanol–water partition coefficient (Wildman–Crippen LogP) is 6.86. The highest BCUT2D eigenvalue weighted by Crippen LogP contribution is 2.33. The summed E-state index contributed by atoms with van der Waals surface area (Å²) >= 11 is 6.03. The van der Waals surface area contributed by atoms with Crippen LogP contribution in [0.5, 0.6) is 11.5 Å². The van der Waals surface area contributed by atoms with Crippen molar-refractivity contribution in [2.45, 2.75) is 13.3 Å². The van der Waals surface area contributed by atoms with E-state index in [1.807, 2.05) is 19.2 Å². The summed E-state index contributed by atoms with van der Waals surface area (Å²) in [5, 5.41) is 4.83. The van der Waals surface area contributed by atoms with Crippen LogP contribution in [0.1, 0.15) is 17.5 Å². The predicted molar refractivity (Wildman–Crippen MR) is 154 cm³/mol. The first kappa shape index (κ1) is 25.6. The summed E-state index contributed by atoms with van der Waals surface area (Å²) in [5.74, 6) is -1.82. The Morgan fingerprint density at radius 3 is 2.70 bits per heavy atom. The third-order valence-corrected chi connectivity index (χ3v) is 7.18. The van der Waals surface area contributed by atoms with Crippen LogP contribution in [-0.2, 0) is 9.59 Å². The standard InChI is InChI=1S/C31H24ClFN4O3/c1-18-2-5-22-24(17-35-26(22)14-18)19-9-12-37(13-10-19)31(39)30(38)36-21-4-7-29(25(33)16-21)40-28-8-11-34-27-15-20(32)3-6-23(27)28/h2-9,11,14-17,35H,10,12-13H2,1H3,(H,36,38). The molecule has 0 spiro atoms. The van der Waals surface area contributed by atoms with E-state index in [0.29, 0.717) is 41.2 Å². The maximum absolute atomic E-state index is 14.9. The number of benzene rings is 3. The van der Waals surface area contributed by atoms with E-state index in [4.69, 9.17) is 16.3 Å². The van der Waals surface area contributed by atoms with Gasteiger partial charge in [-0.25, -0.2) is 4.39 Å². The Hall–Kier alpha value is -4.69. The number of fused-ring (bicyclic) bond motifs is 2. The number of aromatic amines is 1. The molecule has 3 aromatic carbocycles. The summed E-state index contributed by atoms with van der Waals surface area (Å²) in [6.07, 6.45) is 6.12. The Morgan fingerprint density at radius 2 is 1.90 bits per heavy atom. The Kier molecular flexibility index (Phi) is 6.69. The van der Waals surface area contributed by atoms with Gasteiger partial charge in [0, 0.05) is 64.1 Å². The largest absolute Gasteiger partial charge is 0.454 e. The summed E-state index contributed by atoms with van der Waals surface area (Å²) in [6, 6.07) is 17.0. The molecule has 0 bridgehead atoms. The third kappa shape index (κ3) is 5.01. The lowest BCUT2D eigenvalue weighted by molar-refractivity contribution is -0.142. The van der Waals surface area contributed by atoms with E-state index >= 15 is 0 Å². The van der Waals surface area contributed by atoms with Crippen molar-refractivity contribution >= 4 is 56.5 Å². The lowest BCUT2D eigenvalue weighted by Gasteiger charge is -2.26.